The molecule has 0 atom stereocenters. The number of hydrogen-bond donors (Lipinski definition) is 4. The summed E-state index contributed by atoms with van der Waals surface area (Å²) in [4.78, 5) is 35.4. The third kappa shape index (κ3) is 12.0. The molecule has 5 N–H and O–H groups in total. The predicted octanol–water partition coefficient (Wildman–Crippen LogP) is 4.38. The predicted molar refractivity (Wildman–Crippen MR) is 163 cm³/mol. The number of ether oxygens (including phenoxy) is 4. The molecule has 1 heterocycles. The molecule has 0 saturated carbocycles. The van der Waals surface area contributed by atoms with E-state index < -0.39 is 24.1 Å². The van der Waals surface area contributed by atoms with Crippen LogP contribution in [-0.2, 0) is 25.7 Å². The van der Waals surface area contributed by atoms with Gasteiger partial charge in [0.2, 0.25) is 0 Å². The summed E-state index contributed by atoms with van der Waals surface area (Å²) in [6.45, 7) is 1.59. The molecular formula is C32H33F3N4O8. The number of esters is 2. The molecule has 0 spiro atoms. The van der Waals surface area contributed by atoms with Crippen molar-refractivity contribution in [1.29, 1.82) is 10.8 Å². The first-order valence-corrected chi connectivity index (χ1v) is 14.2. The maximum atomic E-state index is 12.4. The first-order valence-electron chi connectivity index (χ1n) is 14.2. The van der Waals surface area contributed by atoms with Crippen LogP contribution < -0.4 is 15.2 Å². The second-order valence-electron chi connectivity index (χ2n) is 9.95. The lowest BCUT2D eigenvalue weighted by atomic mass is 10.1. The Morgan fingerprint density at radius 1 is 0.809 bits per heavy atom. The summed E-state index contributed by atoms with van der Waals surface area (Å²) >= 11 is 0. The van der Waals surface area contributed by atoms with Gasteiger partial charge in [-0.05, 0) is 42.7 Å². The standard InChI is InChI=1S/C30H32N4O6.C2HF3O2/c31-28(32)24-16-25(18-26(17-24)39-20-27(35)40-19-21-6-2-1-3-7-21)37-14-15-38-30(36)23-10-8-22(9-11-23)29(33)34-12-4-5-13-34;3-2(4,5)1(6)7/h1-3,6-11,16-18,33H,4-5,12-15,19-20H2,(H3,31,32);(H,6,7). The number of carbonyl (C=O) groups is 3. The summed E-state index contributed by atoms with van der Waals surface area (Å²) in [5.41, 5.74) is 7.99. The molecule has 0 unspecified atom stereocenters. The highest BCUT2D eigenvalue weighted by molar-refractivity contribution is 5.98. The van der Waals surface area contributed by atoms with Gasteiger partial charge < -0.3 is 34.7 Å². The van der Waals surface area contributed by atoms with Gasteiger partial charge in [-0.25, -0.2) is 14.4 Å². The molecule has 0 radical (unpaired) electrons. The zero-order valence-corrected chi connectivity index (χ0v) is 25.0. The largest absolute Gasteiger partial charge is 0.490 e. The van der Waals surface area contributed by atoms with E-state index in [0.717, 1.165) is 37.1 Å². The number of amidine groups is 2. The van der Waals surface area contributed by atoms with E-state index >= 15 is 0 Å². The molecule has 47 heavy (non-hydrogen) atoms. The Kier molecular flexibility index (Phi) is 13.1. The Morgan fingerprint density at radius 2 is 1.38 bits per heavy atom. The van der Waals surface area contributed by atoms with Gasteiger partial charge in [0.15, 0.2) is 6.61 Å². The number of carboxylic acids is 1. The van der Waals surface area contributed by atoms with Crippen LogP contribution in [0.2, 0.25) is 0 Å². The minimum absolute atomic E-state index is 0.0174. The average Bonchev–Trinajstić information content (AvgIpc) is 3.60. The minimum atomic E-state index is -5.08. The Hall–Kier alpha value is -5.60. The van der Waals surface area contributed by atoms with Gasteiger partial charge in [0.05, 0.1) is 5.56 Å². The van der Waals surface area contributed by atoms with Crippen molar-refractivity contribution in [2.75, 3.05) is 32.9 Å². The molecule has 15 heteroatoms. The van der Waals surface area contributed by atoms with Crippen molar-refractivity contribution >= 4 is 29.6 Å². The third-order valence-corrected chi connectivity index (χ3v) is 6.43. The molecule has 12 nitrogen and oxygen atoms in total. The smallest absolute Gasteiger partial charge is 0.490 e. The molecule has 1 saturated heterocycles. The van der Waals surface area contributed by atoms with Crippen molar-refractivity contribution in [1.82, 2.24) is 4.90 Å². The second kappa shape index (κ2) is 17.2. The summed E-state index contributed by atoms with van der Waals surface area (Å²) < 4.78 is 53.5. The number of aliphatic carboxylic acids is 1. The van der Waals surface area contributed by atoms with Crippen molar-refractivity contribution in [3.05, 3.63) is 95.1 Å². The number of nitrogens with zero attached hydrogens (tertiary/aromatic N) is 1. The highest BCUT2D eigenvalue weighted by Gasteiger charge is 2.38. The van der Waals surface area contributed by atoms with Gasteiger partial charge in [-0.15, -0.1) is 0 Å². The summed E-state index contributed by atoms with van der Waals surface area (Å²) in [6, 6.07) is 20.7. The van der Waals surface area contributed by atoms with Gasteiger partial charge in [-0.3, -0.25) is 10.8 Å². The normalized spacial score (nSPS) is 12.3. The van der Waals surface area contributed by atoms with Gasteiger partial charge >= 0.3 is 24.1 Å². The topological polar surface area (TPSA) is 185 Å². The van der Waals surface area contributed by atoms with Crippen LogP contribution in [0.15, 0.2) is 72.8 Å². The zero-order chi connectivity index (χ0) is 34.4. The van der Waals surface area contributed by atoms with Crippen LogP contribution >= 0.6 is 0 Å². The molecule has 1 aliphatic heterocycles. The molecule has 0 aliphatic carbocycles. The molecule has 250 valence electrons. The monoisotopic (exact) mass is 658 g/mol. The molecule has 1 aliphatic rings. The van der Waals surface area contributed by atoms with Crippen LogP contribution in [0.3, 0.4) is 0 Å². The van der Waals surface area contributed by atoms with Gasteiger partial charge in [-0.1, -0.05) is 42.5 Å². The molecule has 1 fully saturated rings. The summed E-state index contributed by atoms with van der Waals surface area (Å²) in [7, 11) is 0. The lowest BCUT2D eigenvalue weighted by molar-refractivity contribution is -0.192. The number of likely N-dealkylation sites (tertiary alicyclic amines) is 1. The average molecular weight is 659 g/mol. The zero-order valence-electron chi connectivity index (χ0n) is 25.0. The second-order valence-corrected chi connectivity index (χ2v) is 9.95. The number of benzene rings is 3. The first kappa shape index (κ1) is 35.9. The van der Waals surface area contributed by atoms with Crippen molar-refractivity contribution in [3.8, 4) is 11.5 Å². The fourth-order valence-corrected chi connectivity index (χ4v) is 4.08. The van der Waals surface area contributed by atoms with Gasteiger partial charge in [0, 0.05) is 30.3 Å². The number of rotatable bonds is 12. The van der Waals surface area contributed by atoms with E-state index in [4.69, 9.17) is 45.4 Å². The number of alkyl halides is 3. The van der Waals surface area contributed by atoms with Crippen LogP contribution in [0.4, 0.5) is 13.2 Å². The number of nitrogen functional groups attached to an aromatic ring is 1. The maximum absolute atomic E-state index is 12.4. The molecule has 0 bridgehead atoms. The van der Waals surface area contributed by atoms with Crippen molar-refractivity contribution in [3.63, 3.8) is 0 Å². The number of halogens is 3. The minimum Gasteiger partial charge on any atom is -0.490 e. The summed E-state index contributed by atoms with van der Waals surface area (Å²) in [5, 5.41) is 23.2. The fourth-order valence-electron chi connectivity index (χ4n) is 4.08. The van der Waals surface area contributed by atoms with Crippen molar-refractivity contribution in [2.45, 2.75) is 25.6 Å². The number of carbonyl (C=O) groups excluding carboxylic acids is 2. The van der Waals surface area contributed by atoms with Crippen molar-refractivity contribution < 1.29 is 51.6 Å². The number of hydrogen-bond acceptors (Lipinski definition) is 9. The van der Waals surface area contributed by atoms with E-state index in [1.165, 1.54) is 6.07 Å². The van der Waals surface area contributed by atoms with Crippen molar-refractivity contribution in [2.24, 2.45) is 5.73 Å². The van der Waals surface area contributed by atoms with E-state index in [9.17, 15) is 22.8 Å². The van der Waals surface area contributed by atoms with E-state index in [-0.39, 0.29) is 38.0 Å². The van der Waals surface area contributed by atoms with Crippen LogP contribution in [-0.4, -0.2) is 78.7 Å². The Bertz CT molecular complexity index is 1540. The quantitative estimate of drug-likeness (QED) is 0.0942. The molecule has 3 aromatic carbocycles. The van der Waals surface area contributed by atoms with Crippen LogP contribution in [0.5, 0.6) is 11.5 Å². The number of carboxylic acid groups (broad SMARTS) is 1. The lowest BCUT2D eigenvalue weighted by Gasteiger charge is -2.18. The lowest BCUT2D eigenvalue weighted by Crippen LogP contribution is -2.27. The Labute approximate surface area is 267 Å². The van der Waals surface area contributed by atoms with E-state index in [0.29, 0.717) is 22.7 Å². The van der Waals surface area contributed by atoms with Gasteiger partial charge in [0.1, 0.15) is 43.0 Å². The number of nitrogens with two attached hydrogens (primary N) is 1. The number of nitrogens with one attached hydrogen (secondary N) is 2. The van der Waals surface area contributed by atoms with Crippen LogP contribution in [0, 0.1) is 10.8 Å². The summed E-state index contributed by atoms with van der Waals surface area (Å²) in [5.74, 6) is -2.93. The molecule has 4 rings (SSSR count). The molecule has 0 amide bonds. The first-order chi connectivity index (χ1) is 22.3. The highest BCUT2D eigenvalue weighted by atomic mass is 19.4. The van der Waals surface area contributed by atoms with E-state index in [2.05, 4.69) is 0 Å². The van der Waals surface area contributed by atoms with Gasteiger partial charge in [-0.2, -0.15) is 13.2 Å². The molecule has 0 aromatic heterocycles. The summed E-state index contributed by atoms with van der Waals surface area (Å²) in [6.07, 6.45) is -2.90. The molecule has 3 aromatic rings. The highest BCUT2D eigenvalue weighted by Crippen LogP contribution is 2.23. The maximum Gasteiger partial charge on any atom is 0.490 e. The van der Waals surface area contributed by atoms with Crippen LogP contribution in [0.1, 0.15) is 39.9 Å². The third-order valence-electron chi connectivity index (χ3n) is 6.43. The van der Waals surface area contributed by atoms with Crippen LogP contribution in [0.25, 0.3) is 0 Å². The SMILES string of the molecule is N=C(N)c1cc(OCCOC(=O)c2ccc(C(=N)N3CCCC3)cc2)cc(OCC(=O)OCc2ccccc2)c1.O=C(O)C(F)(F)F. The Morgan fingerprint density at radius 3 is 1.96 bits per heavy atom. The Balaban J connectivity index is 0.000000771. The van der Waals surface area contributed by atoms with Gasteiger partial charge in [0.25, 0.3) is 0 Å². The fraction of sp³-hybridized carbons (Fsp3) is 0.281. The molecular weight excluding hydrogens is 625 g/mol. The van der Waals surface area contributed by atoms with E-state index in [1.54, 1.807) is 36.4 Å². The van der Waals surface area contributed by atoms with E-state index in [1.807, 2.05) is 35.2 Å².